The molecule has 20 heavy (non-hydrogen) atoms. The van der Waals surface area contributed by atoms with Gasteiger partial charge in [0.05, 0.1) is 5.92 Å². The van der Waals surface area contributed by atoms with Crippen molar-refractivity contribution < 1.29 is 9.90 Å². The van der Waals surface area contributed by atoms with Crippen LogP contribution in [0.15, 0.2) is 0 Å². The molecule has 0 amide bonds. The SMILES string of the molecule is CCCCCCCCCCC(C)CCCC(C)C(=O)O. The first-order valence-corrected chi connectivity index (χ1v) is 8.80. The first-order chi connectivity index (χ1) is 9.57. The molecule has 0 saturated carbocycles. The van der Waals surface area contributed by atoms with Crippen molar-refractivity contribution >= 4 is 5.97 Å². The Morgan fingerprint density at radius 3 is 1.85 bits per heavy atom. The van der Waals surface area contributed by atoms with Gasteiger partial charge in [-0.1, -0.05) is 91.4 Å². The number of rotatable bonds is 14. The summed E-state index contributed by atoms with van der Waals surface area (Å²) in [4.78, 5) is 10.7. The second-order valence-corrected chi connectivity index (χ2v) is 6.54. The van der Waals surface area contributed by atoms with Crippen molar-refractivity contribution in [1.29, 1.82) is 0 Å². The number of carboxylic acids is 1. The Balaban J connectivity index is 3.28. The fourth-order valence-electron chi connectivity index (χ4n) is 2.67. The van der Waals surface area contributed by atoms with Crippen LogP contribution in [0.1, 0.15) is 97.8 Å². The third kappa shape index (κ3) is 12.5. The standard InChI is InChI=1S/C18H36O2/c1-4-5-6-7-8-9-10-11-13-16(2)14-12-15-17(3)18(19)20/h16-17H,4-15H2,1-3H3,(H,19,20). The third-order valence-corrected chi connectivity index (χ3v) is 4.31. The van der Waals surface area contributed by atoms with Crippen LogP contribution in [0.4, 0.5) is 0 Å². The lowest BCUT2D eigenvalue weighted by Crippen LogP contribution is -2.09. The van der Waals surface area contributed by atoms with Crippen molar-refractivity contribution in [3.63, 3.8) is 0 Å². The quantitative estimate of drug-likeness (QED) is 0.394. The van der Waals surface area contributed by atoms with Gasteiger partial charge in [-0.2, -0.15) is 0 Å². The lowest BCUT2D eigenvalue weighted by molar-refractivity contribution is -0.141. The van der Waals surface area contributed by atoms with Crippen LogP contribution >= 0.6 is 0 Å². The molecule has 0 heterocycles. The Morgan fingerprint density at radius 1 is 0.800 bits per heavy atom. The molecule has 2 nitrogen and oxygen atoms in total. The van der Waals surface area contributed by atoms with E-state index in [2.05, 4.69) is 13.8 Å². The Bertz CT molecular complexity index is 225. The molecule has 120 valence electrons. The molecule has 0 saturated heterocycles. The summed E-state index contributed by atoms with van der Waals surface area (Å²) in [6.07, 6.45) is 15.5. The molecule has 0 rings (SSSR count). The molecule has 2 heteroatoms. The van der Waals surface area contributed by atoms with Crippen LogP contribution in [-0.4, -0.2) is 11.1 Å². The summed E-state index contributed by atoms with van der Waals surface area (Å²) in [5, 5.41) is 8.83. The summed E-state index contributed by atoms with van der Waals surface area (Å²) < 4.78 is 0. The van der Waals surface area contributed by atoms with Gasteiger partial charge in [0.2, 0.25) is 0 Å². The van der Waals surface area contributed by atoms with Crippen LogP contribution in [-0.2, 0) is 4.79 Å². The molecule has 0 aliphatic rings. The van der Waals surface area contributed by atoms with Crippen LogP contribution in [0.25, 0.3) is 0 Å². The van der Waals surface area contributed by atoms with Crippen molar-refractivity contribution in [1.82, 2.24) is 0 Å². The van der Waals surface area contributed by atoms with E-state index in [1.54, 1.807) is 0 Å². The largest absolute Gasteiger partial charge is 0.481 e. The monoisotopic (exact) mass is 284 g/mol. The zero-order valence-electron chi connectivity index (χ0n) is 14.0. The molecule has 0 radical (unpaired) electrons. The topological polar surface area (TPSA) is 37.3 Å². The van der Waals surface area contributed by atoms with Crippen LogP contribution in [0.2, 0.25) is 0 Å². The van der Waals surface area contributed by atoms with E-state index in [4.69, 9.17) is 5.11 Å². The molecular weight excluding hydrogens is 248 g/mol. The number of aliphatic carboxylic acids is 1. The predicted molar refractivity (Wildman–Crippen MR) is 87.0 cm³/mol. The van der Waals surface area contributed by atoms with E-state index < -0.39 is 5.97 Å². The number of unbranched alkanes of at least 4 members (excludes halogenated alkanes) is 7. The summed E-state index contributed by atoms with van der Waals surface area (Å²) in [7, 11) is 0. The molecule has 0 fully saturated rings. The fraction of sp³-hybridized carbons (Fsp3) is 0.944. The maximum Gasteiger partial charge on any atom is 0.306 e. The Morgan fingerprint density at radius 2 is 1.30 bits per heavy atom. The van der Waals surface area contributed by atoms with Gasteiger partial charge in [0, 0.05) is 0 Å². The average Bonchev–Trinajstić information content (AvgIpc) is 2.41. The van der Waals surface area contributed by atoms with Gasteiger partial charge < -0.3 is 5.11 Å². The normalized spacial score (nSPS) is 14.2. The van der Waals surface area contributed by atoms with Crippen molar-refractivity contribution in [2.45, 2.75) is 97.8 Å². The van der Waals surface area contributed by atoms with E-state index in [9.17, 15) is 4.79 Å². The van der Waals surface area contributed by atoms with Crippen LogP contribution in [0.3, 0.4) is 0 Å². The highest BCUT2D eigenvalue weighted by Crippen LogP contribution is 2.19. The molecule has 0 aromatic carbocycles. The molecule has 1 N–H and O–H groups in total. The summed E-state index contributed by atoms with van der Waals surface area (Å²) in [5.74, 6) is -0.0675. The molecular formula is C18H36O2. The van der Waals surface area contributed by atoms with Crippen molar-refractivity contribution in [2.24, 2.45) is 11.8 Å². The first-order valence-electron chi connectivity index (χ1n) is 8.80. The van der Waals surface area contributed by atoms with Crippen molar-refractivity contribution in [2.75, 3.05) is 0 Å². The minimum atomic E-state index is -0.652. The Hall–Kier alpha value is -0.530. The summed E-state index contributed by atoms with van der Waals surface area (Å²) in [5.41, 5.74) is 0. The summed E-state index contributed by atoms with van der Waals surface area (Å²) in [6, 6.07) is 0. The van der Waals surface area contributed by atoms with Gasteiger partial charge in [0.1, 0.15) is 0 Å². The number of carbonyl (C=O) groups is 1. The van der Waals surface area contributed by atoms with E-state index in [-0.39, 0.29) is 5.92 Å². The minimum Gasteiger partial charge on any atom is -0.481 e. The lowest BCUT2D eigenvalue weighted by atomic mass is 9.94. The second kappa shape index (κ2) is 13.5. The molecule has 0 spiro atoms. The van der Waals surface area contributed by atoms with Gasteiger partial charge in [0.15, 0.2) is 0 Å². The zero-order valence-corrected chi connectivity index (χ0v) is 14.0. The predicted octanol–water partition coefficient (Wildman–Crippen LogP) is 6.04. The maximum atomic E-state index is 10.7. The Labute approximate surface area is 126 Å². The molecule has 0 aliphatic carbocycles. The summed E-state index contributed by atoms with van der Waals surface area (Å²) >= 11 is 0. The van der Waals surface area contributed by atoms with E-state index in [1.807, 2.05) is 6.92 Å². The number of carboxylic acid groups (broad SMARTS) is 1. The van der Waals surface area contributed by atoms with Gasteiger partial charge in [-0.3, -0.25) is 4.79 Å². The van der Waals surface area contributed by atoms with Gasteiger partial charge in [-0.05, 0) is 12.3 Å². The summed E-state index contributed by atoms with van der Waals surface area (Å²) in [6.45, 7) is 6.39. The van der Waals surface area contributed by atoms with E-state index in [0.717, 1.165) is 18.8 Å². The van der Waals surface area contributed by atoms with Gasteiger partial charge in [0.25, 0.3) is 0 Å². The molecule has 0 aliphatic heterocycles. The first kappa shape index (κ1) is 19.5. The Kier molecular flexibility index (Phi) is 13.1. The van der Waals surface area contributed by atoms with Gasteiger partial charge in [-0.25, -0.2) is 0 Å². The van der Waals surface area contributed by atoms with E-state index >= 15 is 0 Å². The van der Waals surface area contributed by atoms with Gasteiger partial charge >= 0.3 is 5.97 Å². The molecule has 2 atom stereocenters. The molecule has 0 aromatic heterocycles. The smallest absolute Gasteiger partial charge is 0.306 e. The zero-order chi connectivity index (χ0) is 15.2. The van der Waals surface area contributed by atoms with Crippen molar-refractivity contribution in [3.05, 3.63) is 0 Å². The molecule has 0 bridgehead atoms. The second-order valence-electron chi connectivity index (χ2n) is 6.54. The van der Waals surface area contributed by atoms with Crippen LogP contribution < -0.4 is 0 Å². The van der Waals surface area contributed by atoms with Crippen LogP contribution in [0.5, 0.6) is 0 Å². The molecule has 0 aromatic rings. The lowest BCUT2D eigenvalue weighted by Gasteiger charge is -2.12. The number of hydrogen-bond acceptors (Lipinski definition) is 1. The fourth-order valence-corrected chi connectivity index (χ4v) is 2.67. The molecule has 2 unspecified atom stereocenters. The third-order valence-electron chi connectivity index (χ3n) is 4.31. The highest BCUT2D eigenvalue weighted by molar-refractivity contribution is 5.69. The highest BCUT2D eigenvalue weighted by atomic mass is 16.4. The minimum absolute atomic E-state index is 0.176. The van der Waals surface area contributed by atoms with Crippen molar-refractivity contribution in [3.8, 4) is 0 Å². The number of hydrogen-bond donors (Lipinski definition) is 1. The van der Waals surface area contributed by atoms with Crippen LogP contribution in [0, 0.1) is 11.8 Å². The highest BCUT2D eigenvalue weighted by Gasteiger charge is 2.11. The van der Waals surface area contributed by atoms with E-state index in [1.165, 1.54) is 64.2 Å². The van der Waals surface area contributed by atoms with Gasteiger partial charge in [-0.15, -0.1) is 0 Å². The average molecular weight is 284 g/mol. The van der Waals surface area contributed by atoms with E-state index in [0.29, 0.717) is 0 Å². The maximum absolute atomic E-state index is 10.7.